The molecule has 172 valence electrons. The van der Waals surface area contributed by atoms with Crippen molar-refractivity contribution in [1.29, 1.82) is 0 Å². The van der Waals surface area contributed by atoms with Gasteiger partial charge in [0.05, 0.1) is 0 Å². The fraction of sp³-hybridized carbons (Fsp3) is 0.586. The Kier molecular flexibility index (Phi) is 13.6. The topological polar surface area (TPSA) is 32.3 Å². The molecule has 0 bridgehead atoms. The van der Waals surface area contributed by atoms with Gasteiger partial charge in [-0.2, -0.15) is 0 Å². The minimum Gasteiger partial charge on any atom is -0.508 e. The number of anilines is 2. The standard InChI is InChI=1S/C29H45NO/c1-2-3-4-5-6-7-8-9-10-11-12-13-14-15-16-18-26-19-17-20-28(25-26)30-27-21-23-29(31)24-22-27/h17,19-25,30-31H,2-16,18H2,1H3. The molecule has 2 N–H and O–H groups in total. The third-order valence-electron chi connectivity index (χ3n) is 6.15. The first-order valence-electron chi connectivity index (χ1n) is 12.9. The van der Waals surface area contributed by atoms with E-state index in [4.69, 9.17) is 0 Å². The summed E-state index contributed by atoms with van der Waals surface area (Å²) in [5, 5.41) is 12.8. The summed E-state index contributed by atoms with van der Waals surface area (Å²) >= 11 is 0. The molecular weight excluding hydrogens is 378 g/mol. The summed E-state index contributed by atoms with van der Waals surface area (Å²) in [6.45, 7) is 2.29. The number of rotatable bonds is 18. The van der Waals surface area contributed by atoms with Gasteiger partial charge in [0.25, 0.3) is 0 Å². The minimum absolute atomic E-state index is 0.299. The molecule has 0 aliphatic rings. The lowest BCUT2D eigenvalue weighted by Crippen LogP contribution is -1.92. The number of nitrogens with one attached hydrogen (secondary N) is 1. The van der Waals surface area contributed by atoms with Crippen LogP contribution in [0.5, 0.6) is 5.75 Å². The smallest absolute Gasteiger partial charge is 0.115 e. The van der Waals surface area contributed by atoms with Gasteiger partial charge < -0.3 is 10.4 Å². The molecule has 0 aliphatic heterocycles. The highest BCUT2D eigenvalue weighted by Crippen LogP contribution is 2.21. The van der Waals surface area contributed by atoms with Crippen LogP contribution in [0.3, 0.4) is 0 Å². The van der Waals surface area contributed by atoms with E-state index in [9.17, 15) is 5.11 Å². The van der Waals surface area contributed by atoms with Crippen molar-refractivity contribution in [1.82, 2.24) is 0 Å². The molecule has 2 aromatic rings. The predicted molar refractivity (Wildman–Crippen MR) is 136 cm³/mol. The van der Waals surface area contributed by atoms with Crippen LogP contribution >= 0.6 is 0 Å². The van der Waals surface area contributed by atoms with Crippen molar-refractivity contribution in [3.63, 3.8) is 0 Å². The Bertz CT molecular complexity index is 679. The van der Waals surface area contributed by atoms with Crippen molar-refractivity contribution in [2.45, 2.75) is 110 Å². The molecule has 31 heavy (non-hydrogen) atoms. The van der Waals surface area contributed by atoms with E-state index in [0.717, 1.165) is 17.8 Å². The fourth-order valence-electron chi connectivity index (χ4n) is 4.22. The summed E-state index contributed by atoms with van der Waals surface area (Å²) in [6.07, 6.45) is 22.3. The second-order valence-electron chi connectivity index (χ2n) is 9.07. The lowest BCUT2D eigenvalue weighted by molar-refractivity contribution is 0.475. The lowest BCUT2D eigenvalue weighted by atomic mass is 10.0. The Morgan fingerprint density at radius 2 is 1.10 bits per heavy atom. The maximum Gasteiger partial charge on any atom is 0.115 e. The van der Waals surface area contributed by atoms with Crippen LogP contribution in [0, 0.1) is 0 Å². The normalized spacial score (nSPS) is 11.0. The quantitative estimate of drug-likeness (QED) is 0.185. The largest absolute Gasteiger partial charge is 0.508 e. The molecule has 0 radical (unpaired) electrons. The van der Waals surface area contributed by atoms with Crippen LogP contribution in [0.15, 0.2) is 48.5 Å². The van der Waals surface area contributed by atoms with Gasteiger partial charge >= 0.3 is 0 Å². The Morgan fingerprint density at radius 3 is 1.65 bits per heavy atom. The van der Waals surface area contributed by atoms with Crippen molar-refractivity contribution in [3.8, 4) is 5.75 Å². The van der Waals surface area contributed by atoms with Gasteiger partial charge in [-0.05, 0) is 54.8 Å². The van der Waals surface area contributed by atoms with Crippen molar-refractivity contribution in [2.24, 2.45) is 0 Å². The second kappa shape index (κ2) is 16.7. The van der Waals surface area contributed by atoms with Crippen LogP contribution in [0.25, 0.3) is 0 Å². The number of unbranched alkanes of at least 4 members (excludes halogenated alkanes) is 14. The van der Waals surface area contributed by atoms with Crippen LogP contribution in [0.2, 0.25) is 0 Å². The molecular formula is C29H45NO. The van der Waals surface area contributed by atoms with Gasteiger partial charge in [-0.3, -0.25) is 0 Å². The average molecular weight is 424 g/mol. The first-order valence-corrected chi connectivity index (χ1v) is 12.9. The van der Waals surface area contributed by atoms with Crippen molar-refractivity contribution < 1.29 is 5.11 Å². The molecule has 0 saturated heterocycles. The number of aryl methyl sites for hydroxylation is 1. The van der Waals surface area contributed by atoms with E-state index in [1.807, 2.05) is 12.1 Å². The minimum atomic E-state index is 0.299. The molecule has 2 aromatic carbocycles. The molecule has 0 atom stereocenters. The molecule has 0 aromatic heterocycles. The van der Waals surface area contributed by atoms with E-state index in [1.54, 1.807) is 12.1 Å². The third-order valence-corrected chi connectivity index (χ3v) is 6.15. The van der Waals surface area contributed by atoms with Crippen molar-refractivity contribution >= 4 is 11.4 Å². The van der Waals surface area contributed by atoms with Gasteiger partial charge in [0, 0.05) is 11.4 Å². The lowest BCUT2D eigenvalue weighted by Gasteiger charge is -2.09. The number of phenols is 1. The van der Waals surface area contributed by atoms with Gasteiger partial charge in [-0.25, -0.2) is 0 Å². The highest BCUT2D eigenvalue weighted by molar-refractivity contribution is 5.60. The maximum atomic E-state index is 9.40. The molecule has 0 heterocycles. The van der Waals surface area contributed by atoms with Gasteiger partial charge in [-0.1, -0.05) is 109 Å². The summed E-state index contributed by atoms with van der Waals surface area (Å²) in [4.78, 5) is 0. The van der Waals surface area contributed by atoms with Crippen LogP contribution < -0.4 is 5.32 Å². The summed E-state index contributed by atoms with van der Waals surface area (Å²) < 4.78 is 0. The average Bonchev–Trinajstić information content (AvgIpc) is 2.78. The first-order chi connectivity index (χ1) is 15.3. The number of hydrogen-bond donors (Lipinski definition) is 2. The summed E-state index contributed by atoms with van der Waals surface area (Å²) in [7, 11) is 0. The monoisotopic (exact) mass is 423 g/mol. The SMILES string of the molecule is CCCCCCCCCCCCCCCCCc1cccc(Nc2ccc(O)cc2)c1. The van der Waals surface area contributed by atoms with E-state index in [0.29, 0.717) is 5.75 Å². The summed E-state index contributed by atoms with van der Waals surface area (Å²) in [6, 6.07) is 15.9. The Labute approximate surface area is 191 Å². The fourth-order valence-corrected chi connectivity index (χ4v) is 4.22. The van der Waals surface area contributed by atoms with E-state index in [-0.39, 0.29) is 0 Å². The number of hydrogen-bond acceptors (Lipinski definition) is 2. The number of benzene rings is 2. The second-order valence-corrected chi connectivity index (χ2v) is 9.07. The molecule has 0 aliphatic carbocycles. The zero-order valence-corrected chi connectivity index (χ0v) is 19.9. The predicted octanol–water partition coefficient (Wildman–Crippen LogP) is 9.55. The van der Waals surface area contributed by atoms with Crippen molar-refractivity contribution in [2.75, 3.05) is 5.32 Å². The van der Waals surface area contributed by atoms with Gasteiger partial charge in [-0.15, -0.1) is 0 Å². The molecule has 0 fully saturated rings. The number of aromatic hydroxyl groups is 1. The molecule has 2 rings (SSSR count). The van der Waals surface area contributed by atoms with Gasteiger partial charge in [0.1, 0.15) is 5.75 Å². The van der Waals surface area contributed by atoms with Crippen LogP contribution in [0.4, 0.5) is 11.4 Å². The molecule has 0 saturated carbocycles. The van der Waals surface area contributed by atoms with E-state index in [1.165, 1.54) is 102 Å². The number of phenolic OH excluding ortho intramolecular Hbond substituents is 1. The highest BCUT2D eigenvalue weighted by atomic mass is 16.3. The molecule has 0 spiro atoms. The van der Waals surface area contributed by atoms with Crippen molar-refractivity contribution in [3.05, 3.63) is 54.1 Å². The van der Waals surface area contributed by atoms with Crippen LogP contribution in [0.1, 0.15) is 109 Å². The van der Waals surface area contributed by atoms with Crippen LogP contribution in [-0.4, -0.2) is 5.11 Å². The molecule has 2 heteroatoms. The molecule has 0 unspecified atom stereocenters. The highest BCUT2D eigenvalue weighted by Gasteiger charge is 1.99. The van der Waals surface area contributed by atoms with Gasteiger partial charge in [0.2, 0.25) is 0 Å². The summed E-state index contributed by atoms with van der Waals surface area (Å²) in [5.41, 5.74) is 3.52. The molecule has 2 nitrogen and oxygen atoms in total. The maximum absolute atomic E-state index is 9.40. The Morgan fingerprint density at radius 1 is 0.581 bits per heavy atom. The van der Waals surface area contributed by atoms with Crippen LogP contribution in [-0.2, 0) is 6.42 Å². The zero-order valence-electron chi connectivity index (χ0n) is 19.9. The molecule has 0 amide bonds. The zero-order chi connectivity index (χ0) is 22.0. The van der Waals surface area contributed by atoms with Gasteiger partial charge in [0.15, 0.2) is 0 Å². The Balaban J connectivity index is 1.44. The Hall–Kier alpha value is -1.96. The third kappa shape index (κ3) is 12.5. The van der Waals surface area contributed by atoms with E-state index in [2.05, 4.69) is 36.5 Å². The van der Waals surface area contributed by atoms with E-state index < -0.39 is 0 Å². The van der Waals surface area contributed by atoms with E-state index >= 15 is 0 Å². The summed E-state index contributed by atoms with van der Waals surface area (Å²) in [5.74, 6) is 0.299. The first kappa shape index (κ1) is 25.3.